The van der Waals surface area contributed by atoms with Crippen molar-refractivity contribution in [1.29, 1.82) is 0 Å². The highest BCUT2D eigenvalue weighted by Crippen LogP contribution is 2.42. The number of anilines is 1. The van der Waals surface area contributed by atoms with Crippen LogP contribution in [0.5, 0.6) is 0 Å². The standard InChI is InChI=1S/C16H26BrF2N3O3Si/c1-15(2,3)26(4,5)24-9-16(8-17)6-10(18)13(25-16)22-7-11(19)12(20)21-14(22)23/h7,10,13H,6,8-9H2,1-5H3,(H2,20,21,23)/t10-,13+,16+/m0/s1. The summed E-state index contributed by atoms with van der Waals surface area (Å²) >= 11 is 3.37. The van der Waals surface area contributed by atoms with Crippen LogP contribution in [0.4, 0.5) is 14.6 Å². The topological polar surface area (TPSA) is 79.4 Å². The van der Waals surface area contributed by atoms with Crippen LogP contribution >= 0.6 is 15.9 Å². The van der Waals surface area contributed by atoms with E-state index in [1.807, 2.05) is 0 Å². The number of nitrogens with two attached hydrogens (primary N) is 1. The highest BCUT2D eigenvalue weighted by atomic mass is 79.9. The summed E-state index contributed by atoms with van der Waals surface area (Å²) < 4.78 is 41.3. The lowest BCUT2D eigenvalue weighted by atomic mass is 10.0. The molecule has 10 heteroatoms. The molecule has 0 spiro atoms. The van der Waals surface area contributed by atoms with E-state index in [2.05, 4.69) is 54.8 Å². The van der Waals surface area contributed by atoms with Gasteiger partial charge in [-0.15, -0.1) is 0 Å². The summed E-state index contributed by atoms with van der Waals surface area (Å²) in [6.07, 6.45) is -1.92. The van der Waals surface area contributed by atoms with Gasteiger partial charge in [-0.1, -0.05) is 36.7 Å². The smallest absolute Gasteiger partial charge is 0.351 e. The first-order valence-corrected chi connectivity index (χ1v) is 12.4. The summed E-state index contributed by atoms with van der Waals surface area (Å²) in [6.45, 7) is 10.7. The molecule has 6 nitrogen and oxygen atoms in total. The van der Waals surface area contributed by atoms with Gasteiger partial charge in [0.05, 0.1) is 12.8 Å². The predicted octanol–water partition coefficient (Wildman–Crippen LogP) is 3.38. The fourth-order valence-electron chi connectivity index (χ4n) is 2.45. The number of hydrogen-bond donors (Lipinski definition) is 1. The first kappa shape index (κ1) is 21.5. The first-order valence-electron chi connectivity index (χ1n) is 8.38. The second-order valence-corrected chi connectivity index (χ2v) is 13.6. The molecule has 148 valence electrons. The zero-order valence-electron chi connectivity index (χ0n) is 15.7. The predicted molar refractivity (Wildman–Crippen MR) is 102 cm³/mol. The van der Waals surface area contributed by atoms with Crippen LogP contribution in [0.2, 0.25) is 18.1 Å². The van der Waals surface area contributed by atoms with Gasteiger partial charge >= 0.3 is 5.69 Å². The molecule has 3 atom stereocenters. The van der Waals surface area contributed by atoms with Gasteiger partial charge in [0.2, 0.25) is 0 Å². The molecule has 1 fully saturated rings. The summed E-state index contributed by atoms with van der Waals surface area (Å²) in [7, 11) is -2.07. The second-order valence-electron chi connectivity index (χ2n) is 8.26. The number of ether oxygens (including phenoxy) is 1. The third-order valence-electron chi connectivity index (χ3n) is 5.20. The highest BCUT2D eigenvalue weighted by molar-refractivity contribution is 9.09. The maximum Gasteiger partial charge on any atom is 0.351 e. The molecule has 1 aliphatic heterocycles. The van der Waals surface area contributed by atoms with Gasteiger partial charge in [0.25, 0.3) is 0 Å². The van der Waals surface area contributed by atoms with Gasteiger partial charge in [0.15, 0.2) is 26.2 Å². The highest BCUT2D eigenvalue weighted by Gasteiger charge is 2.49. The van der Waals surface area contributed by atoms with E-state index in [4.69, 9.17) is 14.9 Å². The van der Waals surface area contributed by atoms with Crippen molar-refractivity contribution >= 4 is 30.1 Å². The Bertz CT molecular complexity index is 726. The molecule has 1 saturated heterocycles. The molecule has 1 aromatic rings. The number of nitrogens with zero attached hydrogens (tertiary/aromatic N) is 2. The van der Waals surface area contributed by atoms with Crippen LogP contribution in [0, 0.1) is 5.82 Å². The van der Waals surface area contributed by atoms with Gasteiger partial charge in [-0.05, 0) is 18.1 Å². The maximum absolute atomic E-state index is 14.7. The Morgan fingerprint density at radius 2 is 2.15 bits per heavy atom. The summed E-state index contributed by atoms with van der Waals surface area (Å²) in [5.41, 5.74) is 3.48. The van der Waals surface area contributed by atoms with Crippen LogP contribution in [0.15, 0.2) is 11.0 Å². The molecule has 26 heavy (non-hydrogen) atoms. The summed E-state index contributed by atoms with van der Waals surface area (Å²) in [5.74, 6) is -1.41. The lowest BCUT2D eigenvalue weighted by Crippen LogP contribution is -2.47. The van der Waals surface area contributed by atoms with E-state index >= 15 is 0 Å². The van der Waals surface area contributed by atoms with E-state index in [9.17, 15) is 13.6 Å². The molecule has 0 unspecified atom stereocenters. The number of nitrogen functional groups attached to an aromatic ring is 1. The third-order valence-corrected chi connectivity index (χ3v) is 10.7. The van der Waals surface area contributed by atoms with Gasteiger partial charge in [0, 0.05) is 11.8 Å². The summed E-state index contributed by atoms with van der Waals surface area (Å²) in [4.78, 5) is 15.4. The molecule has 0 aromatic carbocycles. The van der Waals surface area contributed by atoms with Crippen molar-refractivity contribution in [1.82, 2.24) is 9.55 Å². The first-order chi connectivity index (χ1) is 11.8. The Labute approximate surface area is 161 Å². The minimum atomic E-state index is -2.07. The van der Waals surface area contributed by atoms with E-state index < -0.39 is 43.6 Å². The molecule has 1 aliphatic rings. The number of alkyl halides is 2. The Morgan fingerprint density at radius 1 is 1.54 bits per heavy atom. The quantitative estimate of drug-likeness (QED) is 0.545. The molecule has 0 amide bonds. The van der Waals surface area contributed by atoms with Gasteiger partial charge in [-0.25, -0.2) is 13.6 Å². The monoisotopic (exact) mass is 453 g/mol. The molecule has 0 aliphatic carbocycles. The number of hydrogen-bond acceptors (Lipinski definition) is 5. The fourth-order valence-corrected chi connectivity index (χ4v) is 4.03. The zero-order valence-corrected chi connectivity index (χ0v) is 18.3. The van der Waals surface area contributed by atoms with Crippen molar-refractivity contribution in [3.63, 3.8) is 0 Å². The minimum Gasteiger partial charge on any atom is -0.414 e. The molecule has 0 bridgehead atoms. The van der Waals surface area contributed by atoms with Crippen molar-refractivity contribution in [2.75, 3.05) is 17.7 Å². The van der Waals surface area contributed by atoms with E-state index in [-0.39, 0.29) is 18.1 Å². The lowest BCUT2D eigenvalue weighted by Gasteiger charge is -2.39. The van der Waals surface area contributed by atoms with Crippen molar-refractivity contribution in [3.8, 4) is 0 Å². The van der Waals surface area contributed by atoms with E-state index in [1.54, 1.807) is 0 Å². The van der Waals surface area contributed by atoms with Gasteiger partial charge in [-0.3, -0.25) is 4.57 Å². The third kappa shape index (κ3) is 4.18. The Balaban J connectivity index is 2.24. The molecule has 2 N–H and O–H groups in total. The number of halogens is 3. The van der Waals surface area contributed by atoms with Crippen LogP contribution in [0.1, 0.15) is 33.4 Å². The largest absolute Gasteiger partial charge is 0.414 e. The van der Waals surface area contributed by atoms with Crippen LogP contribution in [-0.4, -0.2) is 41.6 Å². The maximum atomic E-state index is 14.7. The van der Waals surface area contributed by atoms with Crippen molar-refractivity contribution in [2.24, 2.45) is 0 Å². The molecular weight excluding hydrogens is 428 g/mol. The molecule has 0 saturated carbocycles. The Kier molecular flexibility index (Phi) is 6.02. The second kappa shape index (κ2) is 7.29. The molecule has 2 rings (SSSR count). The Morgan fingerprint density at radius 3 is 2.69 bits per heavy atom. The van der Waals surface area contributed by atoms with Crippen LogP contribution in [-0.2, 0) is 9.16 Å². The molecular formula is C16H26BrF2N3O3Si. The minimum absolute atomic E-state index is 0.00539. The van der Waals surface area contributed by atoms with Gasteiger partial charge in [-0.2, -0.15) is 4.98 Å². The summed E-state index contributed by atoms with van der Waals surface area (Å²) in [5, 5.41) is 0.319. The SMILES string of the molecule is CC(C)(C)[Si](C)(C)OC[C@]1(CBr)C[C@H](F)[C@H](n2cc(F)c(N)nc2=O)O1. The van der Waals surface area contributed by atoms with Crippen molar-refractivity contribution in [2.45, 2.75) is 63.3 Å². The van der Waals surface area contributed by atoms with Crippen LogP contribution < -0.4 is 11.4 Å². The van der Waals surface area contributed by atoms with Crippen molar-refractivity contribution < 1.29 is 17.9 Å². The molecule has 2 heterocycles. The zero-order chi connectivity index (χ0) is 19.9. The Hall–Kier alpha value is -0.843. The van der Waals surface area contributed by atoms with Crippen LogP contribution in [0.3, 0.4) is 0 Å². The molecule has 0 radical (unpaired) electrons. The normalized spacial score (nSPS) is 27.1. The average Bonchev–Trinajstić information content (AvgIpc) is 2.85. The van der Waals surface area contributed by atoms with Crippen LogP contribution in [0.25, 0.3) is 0 Å². The van der Waals surface area contributed by atoms with E-state index in [0.29, 0.717) is 5.33 Å². The van der Waals surface area contributed by atoms with E-state index in [1.165, 1.54) is 0 Å². The molecule has 1 aromatic heterocycles. The number of aromatic nitrogens is 2. The van der Waals surface area contributed by atoms with Gasteiger partial charge in [0.1, 0.15) is 11.8 Å². The summed E-state index contributed by atoms with van der Waals surface area (Å²) in [6, 6.07) is 0. The fraction of sp³-hybridized carbons (Fsp3) is 0.750. The van der Waals surface area contributed by atoms with Crippen molar-refractivity contribution in [3.05, 3.63) is 22.5 Å². The lowest BCUT2D eigenvalue weighted by molar-refractivity contribution is -0.0896. The van der Waals surface area contributed by atoms with E-state index in [0.717, 1.165) is 10.8 Å². The average molecular weight is 454 g/mol. The number of rotatable bonds is 5. The van der Waals surface area contributed by atoms with Gasteiger partial charge < -0.3 is 14.9 Å².